The average Bonchev–Trinajstić information content (AvgIpc) is 2.55. The molecule has 0 fully saturated rings. The number of hydrogen-bond donors (Lipinski definition) is 2. The molecular formula is C18H14O5. The summed E-state index contributed by atoms with van der Waals surface area (Å²) in [5.74, 6) is -3.65. The summed E-state index contributed by atoms with van der Waals surface area (Å²) in [7, 11) is 0. The van der Waals surface area contributed by atoms with Gasteiger partial charge in [-0.2, -0.15) is 0 Å². The van der Waals surface area contributed by atoms with Gasteiger partial charge in [0.15, 0.2) is 0 Å². The van der Waals surface area contributed by atoms with Gasteiger partial charge in [-0.05, 0) is 23.3 Å². The highest BCUT2D eigenvalue weighted by molar-refractivity contribution is 5.94. The van der Waals surface area contributed by atoms with Crippen LogP contribution >= 0.6 is 0 Å². The highest BCUT2D eigenvalue weighted by atomic mass is 16.5. The summed E-state index contributed by atoms with van der Waals surface area (Å²) in [5, 5.41) is 18.4. The fraction of sp³-hybridized carbons (Fsp3) is 0. The minimum Gasteiger partial charge on any atom is -0.475 e. The molecule has 0 saturated heterocycles. The zero-order valence-electron chi connectivity index (χ0n) is 12.0. The Kier molecular flexibility index (Phi) is 5.30. The van der Waals surface area contributed by atoms with Gasteiger partial charge in [0.2, 0.25) is 11.5 Å². The molecule has 0 atom stereocenters. The van der Waals surface area contributed by atoms with E-state index in [0.717, 1.165) is 0 Å². The molecule has 0 aliphatic rings. The van der Waals surface area contributed by atoms with E-state index in [-0.39, 0.29) is 0 Å². The third-order valence-electron chi connectivity index (χ3n) is 2.84. The van der Waals surface area contributed by atoms with Crippen molar-refractivity contribution >= 4 is 24.1 Å². The first-order chi connectivity index (χ1) is 11.1. The van der Waals surface area contributed by atoms with E-state index in [0.29, 0.717) is 11.1 Å². The van der Waals surface area contributed by atoms with Crippen molar-refractivity contribution in [1.82, 2.24) is 0 Å². The fourth-order valence-electron chi connectivity index (χ4n) is 1.79. The smallest absolute Gasteiger partial charge is 0.371 e. The van der Waals surface area contributed by atoms with Gasteiger partial charge in [-0.25, -0.2) is 9.59 Å². The molecule has 116 valence electrons. The van der Waals surface area contributed by atoms with E-state index in [4.69, 9.17) is 4.74 Å². The minimum atomic E-state index is -1.35. The number of aliphatic carboxylic acids is 2. The zero-order valence-corrected chi connectivity index (χ0v) is 12.0. The Morgan fingerprint density at radius 2 is 1.04 bits per heavy atom. The summed E-state index contributed by atoms with van der Waals surface area (Å²) in [6.07, 6.45) is 2.54. The number of benzene rings is 2. The van der Waals surface area contributed by atoms with Crippen LogP contribution in [0.4, 0.5) is 0 Å². The molecule has 5 heteroatoms. The Hall–Kier alpha value is -3.34. The highest BCUT2D eigenvalue weighted by Gasteiger charge is 2.17. The van der Waals surface area contributed by atoms with Crippen LogP contribution in [0.15, 0.2) is 72.2 Å². The molecule has 0 aliphatic carbocycles. The van der Waals surface area contributed by atoms with Crippen LogP contribution in [0, 0.1) is 0 Å². The Morgan fingerprint density at radius 1 is 0.696 bits per heavy atom. The molecule has 0 aliphatic heterocycles. The molecule has 0 bridgehead atoms. The molecule has 2 aromatic rings. The maximum atomic E-state index is 11.3. The van der Waals surface area contributed by atoms with Gasteiger partial charge in [0, 0.05) is 0 Å². The van der Waals surface area contributed by atoms with E-state index in [2.05, 4.69) is 0 Å². The molecule has 23 heavy (non-hydrogen) atoms. The van der Waals surface area contributed by atoms with Gasteiger partial charge in [-0.1, -0.05) is 60.7 Å². The number of carboxylic acids is 2. The lowest BCUT2D eigenvalue weighted by molar-refractivity contribution is -0.138. The van der Waals surface area contributed by atoms with Crippen molar-refractivity contribution in [3.05, 3.63) is 83.3 Å². The topological polar surface area (TPSA) is 83.8 Å². The molecule has 0 unspecified atom stereocenters. The Morgan fingerprint density at radius 3 is 1.35 bits per heavy atom. The molecule has 0 radical (unpaired) electrons. The SMILES string of the molecule is O=C(O)/C(=C\c1ccccc1)O/C(=C/c1ccccc1)C(=O)O. The zero-order chi connectivity index (χ0) is 16.7. The van der Waals surface area contributed by atoms with Crippen LogP contribution in [0.25, 0.3) is 12.2 Å². The fourth-order valence-corrected chi connectivity index (χ4v) is 1.79. The Bertz CT molecular complexity index is 680. The van der Waals surface area contributed by atoms with Gasteiger partial charge in [0.25, 0.3) is 0 Å². The standard InChI is InChI=1S/C18H14O5/c19-17(20)15(11-13-7-3-1-4-8-13)23-16(18(21)22)12-14-9-5-2-6-10-14/h1-12H,(H,19,20)(H,21,22)/b15-11+,16-12+. The van der Waals surface area contributed by atoms with Gasteiger partial charge in [0.1, 0.15) is 0 Å². The second-order valence-electron chi connectivity index (χ2n) is 4.55. The van der Waals surface area contributed by atoms with Gasteiger partial charge in [-0.15, -0.1) is 0 Å². The minimum absolute atomic E-state index is 0.471. The molecule has 0 aromatic heterocycles. The summed E-state index contributed by atoms with van der Waals surface area (Å²) in [5.41, 5.74) is 1.18. The number of rotatable bonds is 6. The summed E-state index contributed by atoms with van der Waals surface area (Å²) < 4.78 is 5.10. The van der Waals surface area contributed by atoms with Gasteiger partial charge in [-0.3, -0.25) is 0 Å². The van der Waals surface area contributed by atoms with Crippen molar-refractivity contribution in [1.29, 1.82) is 0 Å². The molecule has 0 heterocycles. The first kappa shape index (κ1) is 16.0. The van der Waals surface area contributed by atoms with Gasteiger partial charge in [0.05, 0.1) is 0 Å². The molecule has 0 amide bonds. The van der Waals surface area contributed by atoms with Crippen LogP contribution in [-0.4, -0.2) is 22.2 Å². The number of ether oxygens (including phenoxy) is 1. The lowest BCUT2D eigenvalue weighted by Crippen LogP contribution is -2.10. The second kappa shape index (κ2) is 7.61. The third-order valence-corrected chi connectivity index (χ3v) is 2.84. The second-order valence-corrected chi connectivity index (χ2v) is 4.55. The Labute approximate surface area is 132 Å². The predicted octanol–water partition coefficient (Wildman–Crippen LogP) is 3.25. The van der Waals surface area contributed by atoms with Crippen molar-refractivity contribution < 1.29 is 24.5 Å². The average molecular weight is 310 g/mol. The summed E-state index contributed by atoms with van der Waals surface area (Å²) in [6, 6.07) is 17.3. The summed E-state index contributed by atoms with van der Waals surface area (Å²) in [4.78, 5) is 22.6. The van der Waals surface area contributed by atoms with Crippen molar-refractivity contribution in [3.8, 4) is 0 Å². The van der Waals surface area contributed by atoms with E-state index >= 15 is 0 Å². The van der Waals surface area contributed by atoms with Crippen LogP contribution in [0.5, 0.6) is 0 Å². The number of carboxylic acid groups (broad SMARTS) is 2. The van der Waals surface area contributed by atoms with Crippen LogP contribution in [0.2, 0.25) is 0 Å². The first-order valence-corrected chi connectivity index (χ1v) is 6.74. The molecular weight excluding hydrogens is 296 g/mol. The van der Waals surface area contributed by atoms with Gasteiger partial charge >= 0.3 is 11.9 Å². The predicted molar refractivity (Wildman–Crippen MR) is 85.2 cm³/mol. The van der Waals surface area contributed by atoms with Crippen LogP contribution < -0.4 is 0 Å². The molecule has 2 rings (SSSR count). The molecule has 0 spiro atoms. The van der Waals surface area contributed by atoms with E-state index < -0.39 is 23.5 Å². The molecule has 0 saturated carbocycles. The normalized spacial score (nSPS) is 11.8. The molecule has 2 N–H and O–H groups in total. The van der Waals surface area contributed by atoms with Crippen molar-refractivity contribution in [3.63, 3.8) is 0 Å². The number of carbonyl (C=O) groups is 2. The van der Waals surface area contributed by atoms with Crippen molar-refractivity contribution in [2.45, 2.75) is 0 Å². The maximum absolute atomic E-state index is 11.3. The van der Waals surface area contributed by atoms with E-state index in [9.17, 15) is 19.8 Å². The van der Waals surface area contributed by atoms with Crippen molar-refractivity contribution in [2.75, 3.05) is 0 Å². The van der Waals surface area contributed by atoms with Crippen LogP contribution in [-0.2, 0) is 14.3 Å². The molecule has 5 nitrogen and oxygen atoms in total. The van der Waals surface area contributed by atoms with Crippen LogP contribution in [0.1, 0.15) is 11.1 Å². The van der Waals surface area contributed by atoms with E-state index in [1.54, 1.807) is 60.7 Å². The van der Waals surface area contributed by atoms with E-state index in [1.807, 2.05) is 0 Å². The lowest BCUT2D eigenvalue weighted by atomic mass is 10.2. The van der Waals surface area contributed by atoms with Crippen molar-refractivity contribution in [2.24, 2.45) is 0 Å². The highest BCUT2D eigenvalue weighted by Crippen LogP contribution is 2.15. The maximum Gasteiger partial charge on any atom is 0.371 e. The number of hydrogen-bond acceptors (Lipinski definition) is 3. The third kappa shape index (κ3) is 4.86. The summed E-state index contributed by atoms with van der Waals surface area (Å²) >= 11 is 0. The van der Waals surface area contributed by atoms with E-state index in [1.165, 1.54) is 12.2 Å². The monoisotopic (exact) mass is 310 g/mol. The lowest BCUT2D eigenvalue weighted by Gasteiger charge is -2.07. The quantitative estimate of drug-likeness (QED) is 0.632. The first-order valence-electron chi connectivity index (χ1n) is 6.74. The van der Waals surface area contributed by atoms with Crippen LogP contribution in [0.3, 0.4) is 0 Å². The largest absolute Gasteiger partial charge is 0.475 e. The molecule has 2 aromatic carbocycles. The Balaban J connectivity index is 2.33. The summed E-state index contributed by atoms with van der Waals surface area (Å²) in [6.45, 7) is 0. The van der Waals surface area contributed by atoms with Gasteiger partial charge < -0.3 is 14.9 Å².